The van der Waals surface area contributed by atoms with Crippen molar-refractivity contribution in [2.24, 2.45) is 5.92 Å². The predicted molar refractivity (Wildman–Crippen MR) is 63.1 cm³/mol. The normalized spacial score (nSPS) is 15.3. The van der Waals surface area contributed by atoms with Crippen molar-refractivity contribution in [1.82, 2.24) is 0 Å². The van der Waals surface area contributed by atoms with E-state index in [0.29, 0.717) is 6.79 Å². The van der Waals surface area contributed by atoms with Gasteiger partial charge in [0.2, 0.25) is 0 Å². The zero-order valence-corrected chi connectivity index (χ0v) is 10.4. The van der Waals surface area contributed by atoms with Crippen LogP contribution in [0.1, 0.15) is 18.4 Å². The monoisotopic (exact) mass is 270 g/mol. The van der Waals surface area contributed by atoms with Crippen LogP contribution in [0.25, 0.3) is 0 Å². The summed E-state index contributed by atoms with van der Waals surface area (Å²) >= 11 is 3.42. The molecule has 1 saturated carbocycles. The third-order valence-electron chi connectivity index (χ3n) is 2.50. The first-order valence-corrected chi connectivity index (χ1v) is 6.01. The number of hydrogen-bond donors (Lipinski definition) is 0. The average Bonchev–Trinajstić information content (AvgIpc) is 3.01. The summed E-state index contributed by atoms with van der Waals surface area (Å²) < 4.78 is 12.0. The Morgan fingerprint density at radius 1 is 1.40 bits per heavy atom. The lowest BCUT2D eigenvalue weighted by atomic mass is 10.2. The Balaban J connectivity index is 1.78. The molecule has 1 fully saturated rings. The number of benzene rings is 1. The molecule has 2 nitrogen and oxygen atoms in total. The van der Waals surface area contributed by atoms with E-state index in [4.69, 9.17) is 9.47 Å². The van der Waals surface area contributed by atoms with Gasteiger partial charge >= 0.3 is 0 Å². The summed E-state index contributed by atoms with van der Waals surface area (Å²) in [5.74, 6) is 1.68. The van der Waals surface area contributed by atoms with Gasteiger partial charge in [-0.1, -0.05) is 22.0 Å². The largest absolute Gasteiger partial charge is 0.467 e. The van der Waals surface area contributed by atoms with Crippen LogP contribution in [-0.4, -0.2) is 13.4 Å². The number of ether oxygens (including phenoxy) is 2. The molecule has 0 amide bonds. The molecule has 0 bridgehead atoms. The van der Waals surface area contributed by atoms with E-state index in [0.717, 1.165) is 28.3 Å². The van der Waals surface area contributed by atoms with Gasteiger partial charge in [0.25, 0.3) is 0 Å². The number of rotatable bonds is 5. The molecule has 2 rings (SSSR count). The molecule has 1 aliphatic carbocycles. The molecule has 0 aliphatic heterocycles. The summed E-state index contributed by atoms with van der Waals surface area (Å²) in [6.45, 7) is 3.23. The third kappa shape index (κ3) is 3.50. The van der Waals surface area contributed by atoms with Crippen LogP contribution in [-0.2, 0) is 4.74 Å². The van der Waals surface area contributed by atoms with Crippen LogP contribution in [0.2, 0.25) is 0 Å². The Hall–Kier alpha value is -0.540. The van der Waals surface area contributed by atoms with Gasteiger partial charge in [-0.05, 0) is 43.4 Å². The predicted octanol–water partition coefficient (Wildman–Crippen LogP) is 3.52. The van der Waals surface area contributed by atoms with Gasteiger partial charge in [0.15, 0.2) is 6.79 Å². The molecular formula is C12H15BrO2. The van der Waals surface area contributed by atoms with E-state index in [1.165, 1.54) is 12.8 Å². The highest BCUT2D eigenvalue weighted by Gasteiger charge is 2.21. The van der Waals surface area contributed by atoms with E-state index in [2.05, 4.69) is 15.9 Å². The fourth-order valence-corrected chi connectivity index (χ4v) is 1.67. The number of aryl methyl sites for hydroxylation is 1. The summed E-state index contributed by atoms with van der Waals surface area (Å²) in [5.41, 5.74) is 1.13. The van der Waals surface area contributed by atoms with Gasteiger partial charge in [-0.15, -0.1) is 0 Å². The molecule has 3 heteroatoms. The minimum atomic E-state index is 0.355. The van der Waals surface area contributed by atoms with E-state index in [1.54, 1.807) is 0 Å². The SMILES string of the molecule is Cc1ccc(Br)cc1OCOCC1CC1. The van der Waals surface area contributed by atoms with Gasteiger partial charge in [0.05, 0.1) is 6.61 Å². The van der Waals surface area contributed by atoms with Crippen LogP contribution in [0.4, 0.5) is 0 Å². The summed E-state index contributed by atoms with van der Waals surface area (Å²) in [5, 5.41) is 0. The second kappa shape index (κ2) is 4.99. The lowest BCUT2D eigenvalue weighted by Gasteiger charge is -2.09. The topological polar surface area (TPSA) is 18.5 Å². The van der Waals surface area contributed by atoms with Gasteiger partial charge in [0.1, 0.15) is 5.75 Å². The average molecular weight is 271 g/mol. The molecule has 82 valence electrons. The highest BCUT2D eigenvalue weighted by Crippen LogP contribution is 2.29. The first-order valence-electron chi connectivity index (χ1n) is 5.22. The zero-order valence-electron chi connectivity index (χ0n) is 8.83. The fourth-order valence-electron chi connectivity index (χ4n) is 1.33. The molecule has 1 aromatic rings. The molecule has 0 radical (unpaired) electrons. The van der Waals surface area contributed by atoms with Crippen molar-refractivity contribution in [2.75, 3.05) is 13.4 Å². The Morgan fingerprint density at radius 3 is 2.93 bits per heavy atom. The summed E-state index contributed by atoms with van der Waals surface area (Å²) in [6, 6.07) is 6.00. The van der Waals surface area contributed by atoms with Gasteiger partial charge in [0, 0.05) is 4.47 Å². The van der Waals surface area contributed by atoms with Crippen LogP contribution < -0.4 is 4.74 Å². The molecule has 0 saturated heterocycles. The Kier molecular flexibility index (Phi) is 3.65. The molecule has 0 aromatic heterocycles. The molecule has 1 aromatic carbocycles. The van der Waals surface area contributed by atoms with E-state index < -0.39 is 0 Å². The van der Waals surface area contributed by atoms with Crippen LogP contribution in [0.3, 0.4) is 0 Å². The lowest BCUT2D eigenvalue weighted by molar-refractivity contribution is 0.00958. The maximum absolute atomic E-state index is 5.54. The molecule has 0 N–H and O–H groups in total. The second-order valence-electron chi connectivity index (χ2n) is 3.99. The van der Waals surface area contributed by atoms with E-state index in [1.807, 2.05) is 25.1 Å². The van der Waals surface area contributed by atoms with Crippen molar-refractivity contribution in [3.8, 4) is 5.75 Å². The Labute approximate surface area is 98.7 Å². The van der Waals surface area contributed by atoms with Crippen molar-refractivity contribution in [3.63, 3.8) is 0 Å². The fraction of sp³-hybridized carbons (Fsp3) is 0.500. The molecule has 1 aliphatic rings. The highest BCUT2D eigenvalue weighted by atomic mass is 79.9. The van der Waals surface area contributed by atoms with E-state index in [-0.39, 0.29) is 0 Å². The maximum Gasteiger partial charge on any atom is 0.189 e. The zero-order chi connectivity index (χ0) is 10.7. The third-order valence-corrected chi connectivity index (χ3v) is 2.99. The smallest absolute Gasteiger partial charge is 0.189 e. The van der Waals surface area contributed by atoms with Gasteiger partial charge < -0.3 is 9.47 Å². The highest BCUT2D eigenvalue weighted by molar-refractivity contribution is 9.10. The van der Waals surface area contributed by atoms with Crippen molar-refractivity contribution < 1.29 is 9.47 Å². The summed E-state index contributed by atoms with van der Waals surface area (Å²) in [7, 11) is 0. The quantitative estimate of drug-likeness (QED) is 0.602. The van der Waals surface area contributed by atoms with Crippen molar-refractivity contribution in [3.05, 3.63) is 28.2 Å². The van der Waals surface area contributed by atoms with Crippen LogP contribution in [0, 0.1) is 12.8 Å². The molecule has 0 heterocycles. The van der Waals surface area contributed by atoms with Gasteiger partial charge in [-0.25, -0.2) is 0 Å². The van der Waals surface area contributed by atoms with Crippen molar-refractivity contribution in [1.29, 1.82) is 0 Å². The summed E-state index contributed by atoms with van der Waals surface area (Å²) in [6.07, 6.45) is 2.63. The molecule has 0 unspecified atom stereocenters. The van der Waals surface area contributed by atoms with Crippen LogP contribution in [0.5, 0.6) is 5.75 Å². The standard InChI is InChI=1S/C12H15BrO2/c1-9-2-5-11(13)6-12(9)15-8-14-7-10-3-4-10/h2,5-6,10H,3-4,7-8H2,1H3. The number of hydrogen-bond acceptors (Lipinski definition) is 2. The van der Waals surface area contributed by atoms with Gasteiger partial charge in [-0.3, -0.25) is 0 Å². The maximum atomic E-state index is 5.54. The Morgan fingerprint density at radius 2 is 2.20 bits per heavy atom. The van der Waals surface area contributed by atoms with Crippen LogP contribution in [0.15, 0.2) is 22.7 Å². The van der Waals surface area contributed by atoms with Gasteiger partial charge in [-0.2, -0.15) is 0 Å². The Bertz CT molecular complexity index is 334. The van der Waals surface area contributed by atoms with E-state index >= 15 is 0 Å². The molecule has 0 spiro atoms. The molecular weight excluding hydrogens is 256 g/mol. The minimum Gasteiger partial charge on any atom is -0.467 e. The second-order valence-corrected chi connectivity index (χ2v) is 4.90. The molecule has 0 atom stereocenters. The minimum absolute atomic E-state index is 0.355. The molecule has 15 heavy (non-hydrogen) atoms. The lowest BCUT2D eigenvalue weighted by Crippen LogP contribution is -2.05. The van der Waals surface area contributed by atoms with E-state index in [9.17, 15) is 0 Å². The summed E-state index contributed by atoms with van der Waals surface area (Å²) in [4.78, 5) is 0. The van der Waals surface area contributed by atoms with Crippen molar-refractivity contribution in [2.45, 2.75) is 19.8 Å². The van der Waals surface area contributed by atoms with Crippen LogP contribution >= 0.6 is 15.9 Å². The first-order chi connectivity index (χ1) is 7.25. The number of halogens is 1. The first kappa shape index (κ1) is 11.0. The van der Waals surface area contributed by atoms with Crippen molar-refractivity contribution >= 4 is 15.9 Å².